The van der Waals surface area contributed by atoms with E-state index in [1.807, 2.05) is 6.08 Å². The van der Waals surface area contributed by atoms with Gasteiger partial charge in [0, 0.05) is 0 Å². The van der Waals surface area contributed by atoms with Crippen LogP contribution in [0.5, 0.6) is 0 Å². The lowest BCUT2D eigenvalue weighted by Crippen LogP contribution is -2.60. The smallest absolute Gasteiger partial charge is 0.253 e. The third kappa shape index (κ3) is 21.7. The van der Waals surface area contributed by atoms with Crippen LogP contribution in [0.4, 0.5) is 0 Å². The molecule has 0 aromatic heterocycles. The van der Waals surface area contributed by atoms with Gasteiger partial charge in [-0.3, -0.25) is 4.79 Å². The van der Waals surface area contributed by atoms with Crippen LogP contribution in [0, 0.1) is 0 Å². The van der Waals surface area contributed by atoms with Gasteiger partial charge >= 0.3 is 0 Å². The van der Waals surface area contributed by atoms with Gasteiger partial charge in [-0.25, -0.2) is 0 Å². The summed E-state index contributed by atoms with van der Waals surface area (Å²) in [4.78, 5) is 12.9. The second kappa shape index (κ2) is 30.9. The minimum absolute atomic E-state index is 0.340. The zero-order valence-electron chi connectivity index (χ0n) is 31.3. The van der Waals surface area contributed by atoms with Gasteiger partial charge < -0.3 is 45.4 Å². The van der Waals surface area contributed by atoms with Crippen molar-refractivity contribution in [1.82, 2.24) is 5.32 Å². The van der Waals surface area contributed by atoms with Gasteiger partial charge in [-0.05, 0) is 38.5 Å². The highest BCUT2D eigenvalue weighted by Crippen LogP contribution is 2.22. The van der Waals surface area contributed by atoms with E-state index in [0.717, 1.165) is 32.1 Å². The predicted octanol–water partition coefficient (Wildman–Crippen LogP) is 5.91. The highest BCUT2D eigenvalue weighted by Gasteiger charge is 2.44. The fourth-order valence-electron chi connectivity index (χ4n) is 5.98. The Hall–Kier alpha value is -1.63. The van der Waals surface area contributed by atoms with Gasteiger partial charge in [-0.1, -0.05) is 147 Å². The molecule has 7 N–H and O–H groups in total. The number of hydrogen-bond donors (Lipinski definition) is 7. The molecular formula is C40H73NO9. The van der Waals surface area contributed by atoms with Gasteiger partial charge in [0.05, 0.1) is 25.4 Å². The molecule has 0 aromatic carbocycles. The number of carbonyl (C=O) groups is 1. The van der Waals surface area contributed by atoms with Crippen LogP contribution in [-0.2, 0) is 14.3 Å². The summed E-state index contributed by atoms with van der Waals surface area (Å²) in [6.45, 7) is 3.50. The first-order chi connectivity index (χ1) is 24.3. The lowest BCUT2D eigenvalue weighted by atomic mass is 9.99. The van der Waals surface area contributed by atoms with Crippen molar-refractivity contribution in [2.24, 2.45) is 0 Å². The molecule has 1 amide bonds. The zero-order valence-corrected chi connectivity index (χ0v) is 31.3. The molecule has 0 aromatic rings. The summed E-state index contributed by atoms with van der Waals surface area (Å²) in [5.74, 6) is -0.715. The van der Waals surface area contributed by atoms with Crippen molar-refractivity contribution in [2.45, 2.75) is 198 Å². The monoisotopic (exact) mass is 712 g/mol. The largest absolute Gasteiger partial charge is 0.394 e. The topological polar surface area (TPSA) is 169 Å². The summed E-state index contributed by atoms with van der Waals surface area (Å²) in [5, 5.41) is 64.1. The number of aliphatic hydroxyl groups is 6. The normalized spacial score (nSPS) is 23.2. The number of carbonyl (C=O) groups excluding carboxylic acids is 1. The minimum Gasteiger partial charge on any atom is -0.394 e. The Labute approximate surface area is 303 Å². The van der Waals surface area contributed by atoms with Crippen molar-refractivity contribution in [3.63, 3.8) is 0 Å². The number of allylic oxidation sites excluding steroid dienone is 4. The Morgan fingerprint density at radius 1 is 0.660 bits per heavy atom. The number of hydrogen-bond acceptors (Lipinski definition) is 9. The summed E-state index contributed by atoms with van der Waals surface area (Å²) >= 11 is 0. The van der Waals surface area contributed by atoms with Crippen molar-refractivity contribution in [3.05, 3.63) is 36.5 Å². The highest BCUT2D eigenvalue weighted by atomic mass is 16.7. The average molecular weight is 712 g/mol. The lowest BCUT2D eigenvalue weighted by Gasteiger charge is -2.40. The maximum Gasteiger partial charge on any atom is 0.253 e. The number of ether oxygens (including phenoxy) is 2. The maximum atomic E-state index is 12.9. The van der Waals surface area contributed by atoms with Crippen LogP contribution >= 0.6 is 0 Å². The van der Waals surface area contributed by atoms with Crippen molar-refractivity contribution in [1.29, 1.82) is 0 Å². The Bertz CT molecular complexity index is 896. The molecule has 0 aliphatic carbocycles. The van der Waals surface area contributed by atoms with Gasteiger partial charge in [0.1, 0.15) is 24.4 Å². The standard InChI is InChI=1S/C40H73NO9/c1-3-5-7-9-11-13-15-17-19-20-22-24-26-28-33(43)32(31-49-40-38(47)37(46)36(45)35(30-42)50-40)41-39(48)34(44)29-27-25-23-21-18-16-14-12-10-8-6-4-2/h19-20,26-29,32-38,40,42-47H,3-18,21-25,30-31H2,1-2H3,(H,41,48). The summed E-state index contributed by atoms with van der Waals surface area (Å²) in [7, 11) is 0. The van der Waals surface area contributed by atoms with Crippen molar-refractivity contribution < 1.29 is 44.9 Å². The molecule has 0 spiro atoms. The Balaban J connectivity index is 2.58. The predicted molar refractivity (Wildman–Crippen MR) is 199 cm³/mol. The number of nitrogens with one attached hydrogen (secondary N) is 1. The van der Waals surface area contributed by atoms with Crippen molar-refractivity contribution in [3.8, 4) is 0 Å². The van der Waals surface area contributed by atoms with E-state index in [1.54, 1.807) is 12.2 Å². The third-order valence-corrected chi connectivity index (χ3v) is 9.31. The molecule has 0 bridgehead atoms. The number of unbranched alkanes of at least 4 members (excludes halogenated alkanes) is 18. The Morgan fingerprint density at radius 3 is 1.70 bits per heavy atom. The van der Waals surface area contributed by atoms with Crippen LogP contribution in [0.25, 0.3) is 0 Å². The molecule has 1 aliphatic rings. The first-order valence-electron chi connectivity index (χ1n) is 19.8. The molecule has 8 atom stereocenters. The molecule has 8 unspecified atom stereocenters. The molecule has 10 nitrogen and oxygen atoms in total. The van der Waals surface area contributed by atoms with Gasteiger partial charge in [-0.2, -0.15) is 0 Å². The van der Waals surface area contributed by atoms with E-state index >= 15 is 0 Å². The van der Waals surface area contributed by atoms with E-state index in [4.69, 9.17) is 9.47 Å². The van der Waals surface area contributed by atoms with Gasteiger partial charge in [0.25, 0.3) is 5.91 Å². The van der Waals surface area contributed by atoms with Gasteiger partial charge in [0.15, 0.2) is 12.4 Å². The Morgan fingerprint density at radius 2 is 1.14 bits per heavy atom. The number of rotatable bonds is 31. The molecule has 1 fully saturated rings. The molecular weight excluding hydrogens is 638 g/mol. The third-order valence-electron chi connectivity index (χ3n) is 9.31. The Kier molecular flexibility index (Phi) is 28.7. The fraction of sp³-hybridized carbons (Fsp3) is 0.825. The van der Waals surface area contributed by atoms with Gasteiger partial charge in [-0.15, -0.1) is 0 Å². The SMILES string of the molecule is CCCCCCCCCC=CCCC=CC(O)C(COC1OC(CO)C(O)C(O)C1O)NC(=O)C(O)C=CCCCCCCCCCCCC. The van der Waals surface area contributed by atoms with Crippen LogP contribution in [0.15, 0.2) is 36.5 Å². The van der Waals surface area contributed by atoms with E-state index in [-0.39, 0.29) is 6.61 Å². The second-order valence-corrected chi connectivity index (χ2v) is 13.9. The first kappa shape index (κ1) is 46.4. The summed E-state index contributed by atoms with van der Waals surface area (Å²) < 4.78 is 11.0. The van der Waals surface area contributed by atoms with Gasteiger partial charge in [0.2, 0.25) is 0 Å². The lowest BCUT2D eigenvalue weighted by molar-refractivity contribution is -0.302. The number of aliphatic hydroxyl groups excluding tert-OH is 6. The van der Waals surface area contributed by atoms with Crippen molar-refractivity contribution >= 4 is 5.91 Å². The van der Waals surface area contributed by atoms with Crippen LogP contribution in [0.2, 0.25) is 0 Å². The fourth-order valence-corrected chi connectivity index (χ4v) is 5.98. The van der Waals surface area contributed by atoms with Crippen LogP contribution in [0.3, 0.4) is 0 Å². The summed E-state index contributed by atoms with van der Waals surface area (Å²) in [6, 6.07) is -1.02. The first-order valence-corrected chi connectivity index (χ1v) is 19.8. The van der Waals surface area contributed by atoms with Crippen LogP contribution in [-0.4, -0.2) is 98.7 Å². The minimum atomic E-state index is -1.62. The highest BCUT2D eigenvalue weighted by molar-refractivity contribution is 5.82. The zero-order chi connectivity index (χ0) is 36.8. The van der Waals surface area contributed by atoms with Crippen LogP contribution in [0.1, 0.15) is 149 Å². The van der Waals surface area contributed by atoms with Crippen LogP contribution < -0.4 is 5.32 Å². The molecule has 10 heteroatoms. The van der Waals surface area contributed by atoms with E-state index in [2.05, 4.69) is 31.3 Å². The quantitative estimate of drug-likeness (QED) is 0.0342. The second-order valence-electron chi connectivity index (χ2n) is 13.9. The number of amides is 1. The molecule has 1 heterocycles. The molecule has 1 saturated heterocycles. The van der Waals surface area contributed by atoms with E-state index in [9.17, 15) is 35.4 Å². The molecule has 0 radical (unpaired) electrons. The van der Waals surface area contributed by atoms with E-state index < -0.39 is 61.5 Å². The molecule has 292 valence electrons. The summed E-state index contributed by atoms with van der Waals surface area (Å²) in [5.41, 5.74) is 0. The summed E-state index contributed by atoms with van der Waals surface area (Å²) in [6.07, 6.45) is 25.5. The molecule has 1 rings (SSSR count). The van der Waals surface area contributed by atoms with E-state index in [0.29, 0.717) is 6.42 Å². The average Bonchev–Trinajstić information content (AvgIpc) is 3.11. The maximum absolute atomic E-state index is 12.9. The molecule has 50 heavy (non-hydrogen) atoms. The molecule has 0 saturated carbocycles. The van der Waals surface area contributed by atoms with E-state index in [1.165, 1.54) is 102 Å². The molecule has 1 aliphatic heterocycles. The van der Waals surface area contributed by atoms with Crippen molar-refractivity contribution in [2.75, 3.05) is 13.2 Å².